The van der Waals surface area contributed by atoms with E-state index in [1.807, 2.05) is 24.3 Å². The minimum atomic E-state index is -4.41. The second-order valence-corrected chi connectivity index (χ2v) is 7.18. The van der Waals surface area contributed by atoms with Crippen molar-refractivity contribution in [3.63, 3.8) is 0 Å². The van der Waals surface area contributed by atoms with Gasteiger partial charge in [0, 0.05) is 11.1 Å². The number of rotatable bonds is 9. The molecule has 3 N–H and O–H groups in total. The number of para-hydroxylation sites is 1. The maximum atomic E-state index is 13.5. The highest BCUT2D eigenvalue weighted by Crippen LogP contribution is 2.39. The lowest BCUT2D eigenvalue weighted by Crippen LogP contribution is -2.05. The van der Waals surface area contributed by atoms with Gasteiger partial charge in [0.1, 0.15) is 5.75 Å². The van der Waals surface area contributed by atoms with Crippen LogP contribution >= 0.6 is 0 Å². The zero-order valence-electron chi connectivity index (χ0n) is 16.6. The number of fused-ring (bicyclic) bond motifs is 1. The number of benzene rings is 2. The number of unbranched alkanes of at least 4 members (excludes halogenated alkanes) is 2. The van der Waals surface area contributed by atoms with Crippen LogP contribution in [0.2, 0.25) is 0 Å². The van der Waals surface area contributed by atoms with Crippen molar-refractivity contribution in [2.24, 2.45) is 5.73 Å². The molecule has 0 aliphatic heterocycles. The van der Waals surface area contributed by atoms with Gasteiger partial charge in [-0.3, -0.25) is 0 Å². The molecule has 0 amide bonds. The molecule has 0 saturated carbocycles. The first-order valence-electron chi connectivity index (χ1n) is 10.1. The molecule has 3 aromatic rings. The Morgan fingerprint density at radius 2 is 1.76 bits per heavy atom. The van der Waals surface area contributed by atoms with Crippen LogP contribution in [-0.2, 0) is 12.6 Å². The average molecular weight is 404 g/mol. The summed E-state index contributed by atoms with van der Waals surface area (Å²) in [5, 5.41) is 0.620. The van der Waals surface area contributed by atoms with Gasteiger partial charge in [-0.25, -0.2) is 0 Å². The summed E-state index contributed by atoms with van der Waals surface area (Å²) in [6.07, 6.45) is -0.0496. The number of ether oxygens (including phenoxy) is 1. The molecular formula is C23H27F3N2O. The van der Waals surface area contributed by atoms with Gasteiger partial charge in [-0.05, 0) is 73.7 Å². The standard InChI is InChI=1S/C23H27F3N2O/c1-2-3-15-29-17-12-10-16(11-13-17)21-18(7-4-5-14-27)19-8-6-9-20(22(19)28-21)23(24,25)26/h6,8-13,28H,2-5,7,14-15,27H2,1H3. The van der Waals surface area contributed by atoms with E-state index in [-0.39, 0.29) is 5.52 Å². The molecule has 0 bridgehead atoms. The smallest absolute Gasteiger partial charge is 0.418 e. The van der Waals surface area contributed by atoms with Gasteiger partial charge in [-0.2, -0.15) is 13.2 Å². The second-order valence-electron chi connectivity index (χ2n) is 7.18. The topological polar surface area (TPSA) is 51.0 Å². The Hall–Kier alpha value is -2.47. The highest BCUT2D eigenvalue weighted by molar-refractivity contribution is 5.93. The van der Waals surface area contributed by atoms with Crippen LogP contribution in [0.4, 0.5) is 13.2 Å². The van der Waals surface area contributed by atoms with E-state index in [0.717, 1.165) is 54.3 Å². The van der Waals surface area contributed by atoms with Gasteiger partial charge in [0.2, 0.25) is 0 Å². The van der Waals surface area contributed by atoms with Crippen LogP contribution in [0.5, 0.6) is 5.75 Å². The number of alkyl halides is 3. The lowest BCUT2D eigenvalue weighted by atomic mass is 9.99. The zero-order chi connectivity index (χ0) is 20.9. The van der Waals surface area contributed by atoms with Crippen molar-refractivity contribution < 1.29 is 17.9 Å². The fraction of sp³-hybridized carbons (Fsp3) is 0.391. The molecule has 0 unspecified atom stereocenters. The molecule has 1 heterocycles. The zero-order valence-corrected chi connectivity index (χ0v) is 16.6. The quantitative estimate of drug-likeness (QED) is 0.410. The number of aromatic nitrogens is 1. The van der Waals surface area contributed by atoms with E-state index in [4.69, 9.17) is 10.5 Å². The minimum absolute atomic E-state index is 0.140. The third-order valence-electron chi connectivity index (χ3n) is 5.04. The molecule has 2 aromatic carbocycles. The average Bonchev–Trinajstić information content (AvgIpc) is 3.07. The predicted molar refractivity (Wildman–Crippen MR) is 111 cm³/mol. The van der Waals surface area contributed by atoms with E-state index < -0.39 is 11.7 Å². The molecule has 156 valence electrons. The van der Waals surface area contributed by atoms with E-state index >= 15 is 0 Å². The van der Waals surface area contributed by atoms with Crippen molar-refractivity contribution in [3.05, 3.63) is 53.6 Å². The lowest BCUT2D eigenvalue weighted by molar-refractivity contribution is -0.136. The monoisotopic (exact) mass is 404 g/mol. The van der Waals surface area contributed by atoms with Crippen LogP contribution in [0, 0.1) is 0 Å². The number of aryl methyl sites for hydroxylation is 1. The van der Waals surface area contributed by atoms with E-state index in [0.29, 0.717) is 25.0 Å². The molecule has 3 nitrogen and oxygen atoms in total. The molecule has 0 spiro atoms. The maximum Gasteiger partial charge on any atom is 0.418 e. The SMILES string of the molecule is CCCCOc1ccc(-c2[nH]c3c(C(F)(F)F)cccc3c2CCCCN)cc1. The second kappa shape index (κ2) is 9.35. The number of nitrogens with two attached hydrogens (primary N) is 1. The van der Waals surface area contributed by atoms with Crippen LogP contribution in [-0.4, -0.2) is 18.1 Å². The number of H-pyrrole nitrogens is 1. The molecule has 29 heavy (non-hydrogen) atoms. The Balaban J connectivity index is 2.02. The van der Waals surface area contributed by atoms with E-state index in [9.17, 15) is 13.2 Å². The molecule has 0 aliphatic carbocycles. The third-order valence-corrected chi connectivity index (χ3v) is 5.04. The number of hydrogen-bond donors (Lipinski definition) is 2. The fourth-order valence-electron chi connectivity index (χ4n) is 3.51. The van der Waals surface area contributed by atoms with Gasteiger partial charge >= 0.3 is 6.18 Å². The van der Waals surface area contributed by atoms with Gasteiger partial charge < -0.3 is 15.5 Å². The lowest BCUT2D eigenvalue weighted by Gasteiger charge is -2.08. The number of aromatic amines is 1. The number of nitrogens with one attached hydrogen (secondary N) is 1. The van der Waals surface area contributed by atoms with Gasteiger partial charge in [0.25, 0.3) is 0 Å². The van der Waals surface area contributed by atoms with Crippen LogP contribution < -0.4 is 10.5 Å². The molecule has 0 fully saturated rings. The summed E-state index contributed by atoms with van der Waals surface area (Å²) in [5.74, 6) is 0.763. The van der Waals surface area contributed by atoms with Crippen molar-refractivity contribution in [2.45, 2.75) is 45.2 Å². The van der Waals surface area contributed by atoms with E-state index in [1.165, 1.54) is 6.07 Å². The molecule has 3 rings (SSSR count). The first-order chi connectivity index (χ1) is 14.0. The molecule has 0 saturated heterocycles. The minimum Gasteiger partial charge on any atom is -0.494 e. The third kappa shape index (κ3) is 4.93. The summed E-state index contributed by atoms with van der Waals surface area (Å²) < 4.78 is 46.2. The van der Waals surface area contributed by atoms with Crippen molar-refractivity contribution in [3.8, 4) is 17.0 Å². The van der Waals surface area contributed by atoms with Crippen LogP contribution in [0.25, 0.3) is 22.2 Å². The Labute approximate surface area is 169 Å². The molecule has 0 atom stereocenters. The highest BCUT2D eigenvalue weighted by Gasteiger charge is 2.33. The summed E-state index contributed by atoms with van der Waals surface area (Å²) in [6, 6.07) is 11.9. The van der Waals surface area contributed by atoms with Crippen molar-refractivity contribution in [1.82, 2.24) is 4.98 Å². The first kappa shape index (κ1) is 21.2. The van der Waals surface area contributed by atoms with Crippen molar-refractivity contribution in [1.29, 1.82) is 0 Å². The van der Waals surface area contributed by atoms with Gasteiger partial charge in [-0.15, -0.1) is 0 Å². The normalized spacial score (nSPS) is 11.9. The summed E-state index contributed by atoms with van der Waals surface area (Å²) in [4.78, 5) is 3.06. The molecule has 0 aliphatic rings. The molecule has 6 heteroatoms. The van der Waals surface area contributed by atoms with Gasteiger partial charge in [-0.1, -0.05) is 25.5 Å². The predicted octanol–water partition coefficient (Wildman–Crippen LogP) is 6.31. The molecule has 0 radical (unpaired) electrons. The van der Waals surface area contributed by atoms with Gasteiger partial charge in [0.05, 0.1) is 17.7 Å². The Kier molecular flexibility index (Phi) is 6.85. The summed E-state index contributed by atoms with van der Waals surface area (Å²) in [5.41, 5.74) is 7.59. The van der Waals surface area contributed by atoms with E-state index in [1.54, 1.807) is 6.07 Å². The summed E-state index contributed by atoms with van der Waals surface area (Å²) in [6.45, 7) is 3.32. The van der Waals surface area contributed by atoms with Crippen molar-refractivity contribution in [2.75, 3.05) is 13.2 Å². The highest BCUT2D eigenvalue weighted by atomic mass is 19.4. The largest absolute Gasteiger partial charge is 0.494 e. The molecule has 1 aromatic heterocycles. The maximum absolute atomic E-state index is 13.5. The van der Waals surface area contributed by atoms with Crippen molar-refractivity contribution >= 4 is 10.9 Å². The van der Waals surface area contributed by atoms with Gasteiger partial charge in [0.15, 0.2) is 0 Å². The van der Waals surface area contributed by atoms with Crippen LogP contribution in [0.1, 0.15) is 43.7 Å². The number of hydrogen-bond acceptors (Lipinski definition) is 2. The Bertz CT molecular complexity index is 930. The summed E-state index contributed by atoms with van der Waals surface area (Å²) >= 11 is 0. The first-order valence-corrected chi connectivity index (χ1v) is 10.1. The van der Waals surface area contributed by atoms with E-state index in [2.05, 4.69) is 11.9 Å². The Morgan fingerprint density at radius 3 is 2.41 bits per heavy atom. The van der Waals surface area contributed by atoms with Crippen LogP contribution in [0.3, 0.4) is 0 Å². The number of halogens is 3. The Morgan fingerprint density at radius 1 is 1.00 bits per heavy atom. The van der Waals surface area contributed by atoms with Crippen LogP contribution in [0.15, 0.2) is 42.5 Å². The fourth-order valence-corrected chi connectivity index (χ4v) is 3.51. The summed E-state index contributed by atoms with van der Waals surface area (Å²) in [7, 11) is 0. The molecular weight excluding hydrogens is 377 g/mol.